The Labute approximate surface area is 154 Å². The molecule has 0 saturated carbocycles. The second kappa shape index (κ2) is 7.53. The minimum Gasteiger partial charge on any atom is -0.497 e. The lowest BCUT2D eigenvalue weighted by molar-refractivity contribution is -0.115. The van der Waals surface area contributed by atoms with E-state index in [1.807, 2.05) is 49.4 Å². The van der Waals surface area contributed by atoms with Gasteiger partial charge < -0.3 is 14.6 Å². The summed E-state index contributed by atoms with van der Waals surface area (Å²) in [6.45, 7) is 1.94. The molecule has 0 atom stereocenters. The van der Waals surface area contributed by atoms with E-state index in [1.165, 1.54) is 0 Å². The molecule has 2 aromatic carbocycles. The number of aryl methyl sites for hydroxylation is 1. The van der Waals surface area contributed by atoms with E-state index in [9.17, 15) is 4.79 Å². The summed E-state index contributed by atoms with van der Waals surface area (Å²) < 4.78 is 11.4. The summed E-state index contributed by atoms with van der Waals surface area (Å²) in [6, 6.07) is 14.9. The molecule has 25 heavy (non-hydrogen) atoms. The SMILES string of the molecule is COc1ccc(-c2cc(CC(=O)Nc3ccc(Br)cc3C)no2)cc1. The first-order valence-corrected chi connectivity index (χ1v) is 8.50. The molecule has 0 fully saturated rings. The van der Waals surface area contributed by atoms with Gasteiger partial charge in [0.15, 0.2) is 5.76 Å². The second-order valence-corrected chi connectivity index (χ2v) is 6.51. The van der Waals surface area contributed by atoms with Gasteiger partial charge in [-0.05, 0) is 55.0 Å². The van der Waals surface area contributed by atoms with Crippen LogP contribution in [0.2, 0.25) is 0 Å². The Kier molecular flexibility index (Phi) is 5.19. The number of nitrogens with zero attached hydrogens (tertiary/aromatic N) is 1. The standard InChI is InChI=1S/C19H17BrN2O3/c1-12-9-14(20)5-8-17(12)21-19(23)11-15-10-18(25-22-15)13-3-6-16(24-2)7-4-13/h3-10H,11H2,1-2H3,(H,21,23). The normalized spacial score (nSPS) is 10.5. The molecule has 128 valence electrons. The number of hydrogen-bond acceptors (Lipinski definition) is 4. The molecule has 5 nitrogen and oxygen atoms in total. The fourth-order valence-electron chi connectivity index (χ4n) is 2.41. The molecule has 1 N–H and O–H groups in total. The number of carbonyl (C=O) groups is 1. The molecule has 0 aliphatic carbocycles. The van der Waals surface area contributed by atoms with Crippen LogP contribution < -0.4 is 10.1 Å². The maximum Gasteiger partial charge on any atom is 0.230 e. The van der Waals surface area contributed by atoms with Crippen molar-refractivity contribution in [1.82, 2.24) is 5.16 Å². The molecule has 0 bridgehead atoms. The number of anilines is 1. The molecule has 1 aromatic heterocycles. The Balaban J connectivity index is 1.67. The molecular formula is C19H17BrN2O3. The van der Waals surface area contributed by atoms with Gasteiger partial charge in [-0.15, -0.1) is 0 Å². The van der Waals surface area contributed by atoms with Crippen LogP contribution in [0.4, 0.5) is 5.69 Å². The third-order valence-electron chi connectivity index (χ3n) is 3.74. The van der Waals surface area contributed by atoms with Crippen molar-refractivity contribution in [2.75, 3.05) is 12.4 Å². The van der Waals surface area contributed by atoms with E-state index in [4.69, 9.17) is 9.26 Å². The highest BCUT2D eigenvalue weighted by Gasteiger charge is 2.12. The number of nitrogens with one attached hydrogen (secondary N) is 1. The van der Waals surface area contributed by atoms with Crippen molar-refractivity contribution in [3.63, 3.8) is 0 Å². The summed E-state index contributed by atoms with van der Waals surface area (Å²) in [6.07, 6.45) is 0.148. The monoisotopic (exact) mass is 400 g/mol. The summed E-state index contributed by atoms with van der Waals surface area (Å²) in [5, 5.41) is 6.87. The highest BCUT2D eigenvalue weighted by Crippen LogP contribution is 2.24. The molecule has 3 rings (SSSR count). The number of benzene rings is 2. The van der Waals surface area contributed by atoms with Gasteiger partial charge in [0.1, 0.15) is 5.75 Å². The summed E-state index contributed by atoms with van der Waals surface area (Å²) >= 11 is 3.41. The van der Waals surface area contributed by atoms with E-state index in [0.717, 1.165) is 27.0 Å². The summed E-state index contributed by atoms with van der Waals surface area (Å²) in [7, 11) is 1.62. The third kappa shape index (κ3) is 4.28. The molecule has 0 radical (unpaired) electrons. The zero-order valence-electron chi connectivity index (χ0n) is 13.9. The van der Waals surface area contributed by atoms with Crippen LogP contribution in [0.3, 0.4) is 0 Å². The minimum atomic E-state index is -0.139. The maximum atomic E-state index is 12.2. The van der Waals surface area contributed by atoms with Gasteiger partial charge in [-0.2, -0.15) is 0 Å². The van der Waals surface area contributed by atoms with Crippen molar-refractivity contribution >= 4 is 27.5 Å². The molecule has 0 saturated heterocycles. The fraction of sp³-hybridized carbons (Fsp3) is 0.158. The summed E-state index contributed by atoms with van der Waals surface area (Å²) in [5.41, 5.74) is 3.23. The van der Waals surface area contributed by atoms with Crippen molar-refractivity contribution < 1.29 is 14.1 Å². The van der Waals surface area contributed by atoms with Crippen LogP contribution in [0.15, 0.2) is 57.5 Å². The molecule has 6 heteroatoms. The van der Waals surface area contributed by atoms with Crippen molar-refractivity contribution in [2.24, 2.45) is 0 Å². The molecule has 0 unspecified atom stereocenters. The number of methoxy groups -OCH3 is 1. The van der Waals surface area contributed by atoms with Crippen molar-refractivity contribution in [1.29, 1.82) is 0 Å². The van der Waals surface area contributed by atoms with Gasteiger partial charge in [0.25, 0.3) is 0 Å². The van der Waals surface area contributed by atoms with Crippen LogP contribution in [0.1, 0.15) is 11.3 Å². The fourth-order valence-corrected chi connectivity index (χ4v) is 2.89. The zero-order chi connectivity index (χ0) is 17.8. The summed E-state index contributed by atoms with van der Waals surface area (Å²) in [5.74, 6) is 1.25. The number of hydrogen-bond donors (Lipinski definition) is 1. The minimum absolute atomic E-state index is 0.139. The zero-order valence-corrected chi connectivity index (χ0v) is 15.5. The Morgan fingerprint density at radius 3 is 2.64 bits per heavy atom. The van der Waals surface area contributed by atoms with Gasteiger partial charge in [-0.1, -0.05) is 21.1 Å². The Bertz CT molecular complexity index is 888. The molecule has 3 aromatic rings. The lowest BCUT2D eigenvalue weighted by atomic mass is 10.1. The number of aromatic nitrogens is 1. The highest BCUT2D eigenvalue weighted by molar-refractivity contribution is 9.10. The van der Waals surface area contributed by atoms with E-state index >= 15 is 0 Å². The predicted molar refractivity (Wildman–Crippen MR) is 99.7 cm³/mol. The first kappa shape index (κ1) is 17.2. The van der Waals surface area contributed by atoms with Crippen LogP contribution in [0.5, 0.6) is 5.75 Å². The van der Waals surface area contributed by atoms with Gasteiger partial charge in [-0.3, -0.25) is 4.79 Å². The molecule has 1 heterocycles. The molecule has 0 aliphatic heterocycles. The molecule has 1 amide bonds. The van der Waals surface area contributed by atoms with E-state index in [1.54, 1.807) is 13.2 Å². The van der Waals surface area contributed by atoms with E-state index in [2.05, 4.69) is 26.4 Å². The Hall–Kier alpha value is -2.60. The van der Waals surface area contributed by atoms with Crippen LogP contribution >= 0.6 is 15.9 Å². The number of carbonyl (C=O) groups excluding carboxylic acids is 1. The number of ether oxygens (including phenoxy) is 1. The van der Waals surface area contributed by atoms with E-state index in [0.29, 0.717) is 11.5 Å². The van der Waals surface area contributed by atoms with Crippen LogP contribution in [0, 0.1) is 6.92 Å². The van der Waals surface area contributed by atoms with E-state index in [-0.39, 0.29) is 12.3 Å². The second-order valence-electron chi connectivity index (χ2n) is 5.60. The lowest BCUT2D eigenvalue weighted by Crippen LogP contribution is -2.15. The van der Waals surface area contributed by atoms with Crippen LogP contribution in [-0.2, 0) is 11.2 Å². The average Bonchev–Trinajstić information content (AvgIpc) is 3.06. The maximum absolute atomic E-state index is 12.2. The molecular weight excluding hydrogens is 384 g/mol. The first-order chi connectivity index (χ1) is 12.0. The Morgan fingerprint density at radius 1 is 1.20 bits per heavy atom. The molecule has 0 aliphatic rings. The van der Waals surface area contributed by atoms with Crippen molar-refractivity contribution in [3.8, 4) is 17.1 Å². The van der Waals surface area contributed by atoms with Crippen molar-refractivity contribution in [3.05, 3.63) is 64.3 Å². The third-order valence-corrected chi connectivity index (χ3v) is 4.23. The highest BCUT2D eigenvalue weighted by atomic mass is 79.9. The predicted octanol–water partition coefficient (Wildman–Crippen LogP) is 4.60. The van der Waals surface area contributed by atoms with Gasteiger partial charge in [0, 0.05) is 21.8 Å². The topological polar surface area (TPSA) is 64.4 Å². The number of halogens is 1. The van der Waals surface area contributed by atoms with Crippen LogP contribution in [-0.4, -0.2) is 18.2 Å². The first-order valence-electron chi connectivity index (χ1n) is 7.71. The van der Waals surface area contributed by atoms with Crippen LogP contribution in [0.25, 0.3) is 11.3 Å². The average molecular weight is 401 g/mol. The van der Waals surface area contributed by atoms with Crippen molar-refractivity contribution in [2.45, 2.75) is 13.3 Å². The number of amides is 1. The summed E-state index contributed by atoms with van der Waals surface area (Å²) in [4.78, 5) is 12.2. The smallest absolute Gasteiger partial charge is 0.230 e. The van der Waals surface area contributed by atoms with Gasteiger partial charge in [0.2, 0.25) is 5.91 Å². The van der Waals surface area contributed by atoms with Gasteiger partial charge in [-0.25, -0.2) is 0 Å². The van der Waals surface area contributed by atoms with Gasteiger partial charge in [0.05, 0.1) is 19.2 Å². The largest absolute Gasteiger partial charge is 0.497 e. The number of rotatable bonds is 5. The lowest BCUT2D eigenvalue weighted by Gasteiger charge is -2.07. The Morgan fingerprint density at radius 2 is 1.96 bits per heavy atom. The molecule has 0 spiro atoms. The van der Waals surface area contributed by atoms with E-state index < -0.39 is 0 Å². The van der Waals surface area contributed by atoms with Gasteiger partial charge >= 0.3 is 0 Å². The quantitative estimate of drug-likeness (QED) is 0.679.